The zero-order valence-corrected chi connectivity index (χ0v) is 11.8. The van der Waals surface area contributed by atoms with Crippen LogP contribution in [0.15, 0.2) is 12.1 Å². The van der Waals surface area contributed by atoms with Crippen molar-refractivity contribution in [2.75, 3.05) is 6.61 Å². The fourth-order valence-corrected chi connectivity index (χ4v) is 1.86. The van der Waals surface area contributed by atoms with Crippen LogP contribution in [0.3, 0.4) is 0 Å². The molecule has 6 nitrogen and oxygen atoms in total. The Morgan fingerprint density at radius 3 is 2.65 bits per heavy atom. The maximum Gasteiger partial charge on any atom is 0.322 e. The molecule has 0 bridgehead atoms. The first-order valence-corrected chi connectivity index (χ1v) is 6.46. The van der Waals surface area contributed by atoms with E-state index in [0.717, 1.165) is 0 Å². The molecule has 0 aliphatic rings. The summed E-state index contributed by atoms with van der Waals surface area (Å²) in [5.74, 6) is -0.140. The number of unbranched alkanes of at least 4 members (excludes halogenated alkanes) is 1. The molecule has 1 rings (SSSR count). The molecule has 1 aromatic carbocycles. The van der Waals surface area contributed by atoms with Crippen LogP contribution in [0.5, 0.6) is 5.75 Å². The van der Waals surface area contributed by atoms with Crippen LogP contribution in [-0.4, -0.2) is 23.1 Å². The average Bonchev–Trinajstić information content (AvgIpc) is 2.39. The van der Waals surface area contributed by atoms with E-state index in [1.165, 1.54) is 12.1 Å². The summed E-state index contributed by atoms with van der Waals surface area (Å²) >= 11 is 11.0. The maximum atomic E-state index is 11.0. The summed E-state index contributed by atoms with van der Waals surface area (Å²) in [6.45, 7) is 0.132. The molecule has 0 amide bonds. The number of rotatable bonds is 8. The quantitative estimate of drug-likeness (QED) is 0.241. The SMILES string of the molecule is O=Cc1ccc(Cl)c(OCCCCC(=O)Cl)c1[N+](=O)[O-]. The van der Waals surface area contributed by atoms with Crippen molar-refractivity contribution < 1.29 is 19.2 Å². The van der Waals surface area contributed by atoms with E-state index in [4.69, 9.17) is 27.9 Å². The first-order valence-electron chi connectivity index (χ1n) is 5.70. The second kappa shape index (κ2) is 7.81. The highest BCUT2D eigenvalue weighted by Gasteiger charge is 2.23. The number of aldehydes is 1. The lowest BCUT2D eigenvalue weighted by Crippen LogP contribution is -2.04. The van der Waals surface area contributed by atoms with Crippen molar-refractivity contribution in [1.82, 2.24) is 0 Å². The van der Waals surface area contributed by atoms with Gasteiger partial charge < -0.3 is 4.74 Å². The van der Waals surface area contributed by atoms with Gasteiger partial charge in [-0.15, -0.1) is 0 Å². The Kier molecular flexibility index (Phi) is 6.41. The van der Waals surface area contributed by atoms with Gasteiger partial charge in [0.2, 0.25) is 11.0 Å². The van der Waals surface area contributed by atoms with Crippen LogP contribution in [0.25, 0.3) is 0 Å². The van der Waals surface area contributed by atoms with Crippen molar-refractivity contribution in [2.45, 2.75) is 19.3 Å². The van der Waals surface area contributed by atoms with Crippen molar-refractivity contribution in [3.63, 3.8) is 0 Å². The molecule has 8 heteroatoms. The Balaban J connectivity index is 2.80. The Bertz CT molecular complexity index is 533. The minimum Gasteiger partial charge on any atom is -0.486 e. The standard InChI is InChI=1S/C12H11Cl2NO5/c13-9-5-4-8(7-16)11(15(18)19)12(9)20-6-2-1-3-10(14)17/h4-5,7H,1-3,6H2. The highest BCUT2D eigenvalue weighted by atomic mass is 35.5. The smallest absolute Gasteiger partial charge is 0.322 e. The van der Waals surface area contributed by atoms with Crippen LogP contribution in [0, 0.1) is 10.1 Å². The predicted molar refractivity (Wildman–Crippen MR) is 73.7 cm³/mol. The number of ether oxygens (including phenoxy) is 1. The number of hydrogen-bond acceptors (Lipinski definition) is 5. The van der Waals surface area contributed by atoms with E-state index >= 15 is 0 Å². The highest BCUT2D eigenvalue weighted by Crippen LogP contribution is 2.37. The van der Waals surface area contributed by atoms with Crippen LogP contribution in [-0.2, 0) is 4.79 Å². The third-order valence-corrected chi connectivity index (χ3v) is 2.92. The molecule has 1 aromatic rings. The summed E-state index contributed by atoms with van der Waals surface area (Å²) < 4.78 is 5.27. The number of nitrogens with zero attached hydrogens (tertiary/aromatic N) is 1. The van der Waals surface area contributed by atoms with Gasteiger partial charge in [0, 0.05) is 6.42 Å². The van der Waals surface area contributed by atoms with E-state index in [-0.39, 0.29) is 29.4 Å². The molecule has 0 N–H and O–H groups in total. The summed E-state index contributed by atoms with van der Waals surface area (Å²) in [5.41, 5.74) is -0.564. The summed E-state index contributed by atoms with van der Waals surface area (Å²) in [6, 6.07) is 2.61. The van der Waals surface area contributed by atoms with E-state index < -0.39 is 15.9 Å². The van der Waals surface area contributed by atoms with Crippen molar-refractivity contribution in [2.24, 2.45) is 0 Å². The summed E-state index contributed by atoms with van der Waals surface area (Å²) in [6.07, 6.45) is 1.56. The van der Waals surface area contributed by atoms with E-state index in [9.17, 15) is 19.7 Å². The normalized spacial score (nSPS) is 10.1. The topological polar surface area (TPSA) is 86.5 Å². The van der Waals surface area contributed by atoms with Gasteiger partial charge in [-0.2, -0.15) is 0 Å². The molecular formula is C12H11Cl2NO5. The van der Waals surface area contributed by atoms with Gasteiger partial charge in [-0.1, -0.05) is 11.6 Å². The Morgan fingerprint density at radius 2 is 2.10 bits per heavy atom. The van der Waals surface area contributed by atoms with E-state index in [1.807, 2.05) is 0 Å². The lowest BCUT2D eigenvalue weighted by Gasteiger charge is -2.09. The van der Waals surface area contributed by atoms with Gasteiger partial charge in [0.15, 0.2) is 6.29 Å². The number of nitro groups is 1. The monoisotopic (exact) mass is 319 g/mol. The molecule has 0 aliphatic heterocycles. The van der Waals surface area contributed by atoms with Gasteiger partial charge >= 0.3 is 5.69 Å². The van der Waals surface area contributed by atoms with Crippen molar-refractivity contribution in [3.05, 3.63) is 32.8 Å². The zero-order valence-electron chi connectivity index (χ0n) is 10.3. The molecule has 108 valence electrons. The van der Waals surface area contributed by atoms with E-state index in [0.29, 0.717) is 19.1 Å². The summed E-state index contributed by atoms with van der Waals surface area (Å²) in [4.78, 5) is 31.6. The number of carbonyl (C=O) groups excluding carboxylic acids is 2. The van der Waals surface area contributed by atoms with Crippen LogP contribution in [0.4, 0.5) is 5.69 Å². The lowest BCUT2D eigenvalue weighted by molar-refractivity contribution is -0.386. The Morgan fingerprint density at radius 1 is 1.40 bits per heavy atom. The van der Waals surface area contributed by atoms with Crippen LogP contribution < -0.4 is 4.74 Å². The van der Waals surface area contributed by atoms with Crippen molar-refractivity contribution in [1.29, 1.82) is 0 Å². The van der Waals surface area contributed by atoms with Gasteiger partial charge in [0.25, 0.3) is 0 Å². The Labute approximate surface area is 124 Å². The molecule has 0 heterocycles. The summed E-state index contributed by atoms with van der Waals surface area (Å²) in [5, 5.41) is 10.6. The molecular weight excluding hydrogens is 309 g/mol. The van der Waals surface area contributed by atoms with Gasteiger partial charge in [-0.3, -0.25) is 19.7 Å². The third kappa shape index (κ3) is 4.47. The fraction of sp³-hybridized carbons (Fsp3) is 0.333. The molecule has 0 aliphatic carbocycles. The molecule has 0 spiro atoms. The second-order valence-electron chi connectivity index (χ2n) is 3.85. The molecule has 0 aromatic heterocycles. The number of carbonyl (C=O) groups is 2. The van der Waals surface area contributed by atoms with Crippen molar-refractivity contribution in [3.8, 4) is 5.75 Å². The average molecular weight is 320 g/mol. The number of hydrogen-bond donors (Lipinski definition) is 0. The van der Waals surface area contributed by atoms with Gasteiger partial charge in [-0.05, 0) is 36.6 Å². The van der Waals surface area contributed by atoms with Gasteiger partial charge in [0.1, 0.15) is 0 Å². The molecule has 0 unspecified atom stereocenters. The van der Waals surface area contributed by atoms with Crippen LogP contribution in [0.2, 0.25) is 5.02 Å². The number of halogens is 2. The molecule has 0 fully saturated rings. The first-order chi connectivity index (χ1) is 9.47. The zero-order chi connectivity index (χ0) is 15.1. The van der Waals surface area contributed by atoms with Crippen LogP contribution in [0.1, 0.15) is 29.6 Å². The number of benzene rings is 1. The Hall–Kier alpha value is -1.66. The molecule has 0 saturated carbocycles. The van der Waals surface area contributed by atoms with Crippen LogP contribution >= 0.6 is 23.2 Å². The van der Waals surface area contributed by atoms with Crippen molar-refractivity contribution >= 4 is 40.4 Å². The molecule has 0 radical (unpaired) electrons. The largest absolute Gasteiger partial charge is 0.486 e. The number of nitro benzene ring substituents is 1. The first kappa shape index (κ1) is 16.4. The molecule has 0 saturated heterocycles. The third-order valence-electron chi connectivity index (χ3n) is 2.44. The highest BCUT2D eigenvalue weighted by molar-refractivity contribution is 6.63. The maximum absolute atomic E-state index is 11.0. The van der Waals surface area contributed by atoms with Gasteiger partial charge in [-0.25, -0.2) is 0 Å². The molecule has 0 atom stereocenters. The predicted octanol–water partition coefficient (Wildman–Crippen LogP) is 3.38. The van der Waals surface area contributed by atoms with E-state index in [2.05, 4.69) is 0 Å². The molecule has 20 heavy (non-hydrogen) atoms. The van der Waals surface area contributed by atoms with Gasteiger partial charge in [0.05, 0.1) is 22.1 Å². The fourth-order valence-electron chi connectivity index (χ4n) is 1.52. The minimum atomic E-state index is -0.715. The van der Waals surface area contributed by atoms with E-state index in [1.54, 1.807) is 0 Å². The minimum absolute atomic E-state index is 0.0516. The second-order valence-corrected chi connectivity index (χ2v) is 4.68. The summed E-state index contributed by atoms with van der Waals surface area (Å²) in [7, 11) is 0. The lowest BCUT2D eigenvalue weighted by atomic mass is 10.2.